The van der Waals surface area contributed by atoms with Gasteiger partial charge >= 0.3 is 5.97 Å². The molecule has 1 saturated heterocycles. The van der Waals surface area contributed by atoms with Crippen LogP contribution >= 0.6 is 0 Å². The summed E-state index contributed by atoms with van der Waals surface area (Å²) in [5.74, 6) is 1.96. The molecule has 4 aliphatic rings. The van der Waals surface area contributed by atoms with Crippen LogP contribution in [-0.4, -0.2) is 43.8 Å². The van der Waals surface area contributed by atoms with Crippen molar-refractivity contribution in [3.63, 3.8) is 0 Å². The van der Waals surface area contributed by atoms with Gasteiger partial charge in [0.25, 0.3) is 0 Å². The lowest BCUT2D eigenvalue weighted by molar-refractivity contribution is -0.137. The molecule has 3 aliphatic carbocycles. The molecule has 5 atom stereocenters. The summed E-state index contributed by atoms with van der Waals surface area (Å²) < 4.78 is 4.11. The Labute approximate surface area is 215 Å². The second-order valence-electron chi connectivity index (χ2n) is 11.6. The van der Waals surface area contributed by atoms with Gasteiger partial charge in [0.15, 0.2) is 0 Å². The molecule has 2 saturated carbocycles. The van der Waals surface area contributed by atoms with Gasteiger partial charge in [0.1, 0.15) is 0 Å². The summed E-state index contributed by atoms with van der Waals surface area (Å²) >= 11 is 0. The van der Waals surface area contributed by atoms with Crippen molar-refractivity contribution in [2.75, 3.05) is 26.7 Å². The number of piperidine rings is 1. The van der Waals surface area contributed by atoms with Gasteiger partial charge in [-0.05, 0) is 105 Å². The number of hydrogen-bond donors (Lipinski definition) is 2. The van der Waals surface area contributed by atoms with E-state index in [2.05, 4.69) is 30.1 Å². The zero-order valence-corrected chi connectivity index (χ0v) is 23.5. The highest BCUT2D eigenvalue weighted by Gasteiger charge is 2.52. The number of nitrogens with two attached hydrogens (primary N) is 1. The number of rotatable bonds is 4. The molecule has 5 nitrogen and oxygen atoms in total. The summed E-state index contributed by atoms with van der Waals surface area (Å²) in [5.41, 5.74) is 10.7. The van der Waals surface area contributed by atoms with Crippen LogP contribution in [-0.2, 0) is 9.53 Å². The molecule has 0 aromatic carbocycles. The molecule has 5 unspecified atom stereocenters. The van der Waals surface area contributed by atoms with Crippen molar-refractivity contribution in [3.8, 4) is 0 Å². The standard InChI is InChI=1S/C25H41N3.C3H6O2.C2H6/c1-18-7-8-20-13-21(9-10-24(18,20)2)25(3)15-19(16-26)23(27)14-22(25)17-28-11-5-4-6-12-28;1-3(4)5-2;1-2/h16,20-22,26H,1,4-15,17,27H2,2-3H3;1-2H3;1-2H3. The molecule has 3 N–H and O–H groups in total. The van der Waals surface area contributed by atoms with Crippen LogP contribution in [0.5, 0.6) is 0 Å². The van der Waals surface area contributed by atoms with Crippen LogP contribution in [0.1, 0.15) is 98.8 Å². The van der Waals surface area contributed by atoms with Crippen LogP contribution in [0.25, 0.3) is 0 Å². The number of likely N-dealkylation sites (tertiary alicyclic amines) is 1. The Morgan fingerprint density at radius 2 is 1.83 bits per heavy atom. The predicted octanol–water partition coefficient (Wildman–Crippen LogP) is 6.73. The van der Waals surface area contributed by atoms with Crippen molar-refractivity contribution in [3.05, 3.63) is 23.4 Å². The Hall–Kier alpha value is -1.62. The Bertz CT molecular complexity index is 770. The molecule has 1 aliphatic heterocycles. The zero-order chi connectivity index (χ0) is 26.2. The van der Waals surface area contributed by atoms with Gasteiger partial charge in [-0.25, -0.2) is 0 Å². The smallest absolute Gasteiger partial charge is 0.302 e. The summed E-state index contributed by atoms with van der Waals surface area (Å²) in [4.78, 5) is 12.3. The van der Waals surface area contributed by atoms with E-state index >= 15 is 0 Å². The van der Waals surface area contributed by atoms with Gasteiger partial charge in [0.05, 0.1) is 7.11 Å². The second kappa shape index (κ2) is 13.1. The van der Waals surface area contributed by atoms with Crippen LogP contribution < -0.4 is 5.73 Å². The molecule has 0 bridgehead atoms. The van der Waals surface area contributed by atoms with Crippen molar-refractivity contribution >= 4 is 12.2 Å². The lowest BCUT2D eigenvalue weighted by Crippen LogP contribution is -2.49. The van der Waals surface area contributed by atoms with Crippen LogP contribution in [0.3, 0.4) is 0 Å². The van der Waals surface area contributed by atoms with Gasteiger partial charge < -0.3 is 20.8 Å². The highest BCUT2D eigenvalue weighted by atomic mass is 16.5. The minimum Gasteiger partial charge on any atom is -0.469 e. The first kappa shape index (κ1) is 29.6. The first-order valence-electron chi connectivity index (χ1n) is 14.1. The quantitative estimate of drug-likeness (QED) is 0.262. The minimum atomic E-state index is -0.245. The molecule has 0 radical (unpaired) electrons. The molecule has 5 heteroatoms. The molecule has 200 valence electrons. The molecule has 0 aromatic heterocycles. The van der Waals surface area contributed by atoms with E-state index in [1.54, 1.807) is 6.21 Å². The molecule has 0 aromatic rings. The lowest BCUT2D eigenvalue weighted by Gasteiger charge is -2.53. The number of fused-ring (bicyclic) bond motifs is 1. The molecule has 1 heterocycles. The summed E-state index contributed by atoms with van der Waals surface area (Å²) in [6, 6.07) is 0. The van der Waals surface area contributed by atoms with Crippen LogP contribution in [0.2, 0.25) is 0 Å². The third-order valence-electron chi connectivity index (χ3n) is 9.79. The SMILES string of the molecule is C=C1CCC2CC(C3(C)CC(C=N)=C(N)CC3CN3CCCCC3)CCC12C.CC.COC(C)=O. The van der Waals surface area contributed by atoms with E-state index in [1.807, 2.05) is 13.8 Å². The Kier molecular flexibility index (Phi) is 11.1. The van der Waals surface area contributed by atoms with Gasteiger partial charge in [-0.2, -0.15) is 0 Å². The largest absolute Gasteiger partial charge is 0.469 e. The molecule has 0 amide bonds. The molecule has 0 spiro atoms. The Morgan fingerprint density at radius 3 is 2.40 bits per heavy atom. The Morgan fingerprint density at radius 1 is 1.20 bits per heavy atom. The maximum absolute atomic E-state index is 9.59. The van der Waals surface area contributed by atoms with Crippen molar-refractivity contribution in [2.45, 2.75) is 98.8 Å². The van der Waals surface area contributed by atoms with Crippen LogP contribution in [0.4, 0.5) is 0 Å². The second-order valence-corrected chi connectivity index (χ2v) is 11.6. The fourth-order valence-electron chi connectivity index (χ4n) is 7.18. The first-order chi connectivity index (χ1) is 16.6. The van der Waals surface area contributed by atoms with Crippen molar-refractivity contribution in [1.29, 1.82) is 5.41 Å². The van der Waals surface area contributed by atoms with E-state index in [-0.39, 0.29) is 11.4 Å². The van der Waals surface area contributed by atoms with Crippen LogP contribution in [0.15, 0.2) is 23.4 Å². The van der Waals surface area contributed by atoms with Crippen molar-refractivity contribution in [2.24, 2.45) is 34.3 Å². The average Bonchev–Trinajstić information content (AvgIpc) is 3.17. The van der Waals surface area contributed by atoms with E-state index in [1.165, 1.54) is 90.6 Å². The molecule has 4 rings (SSSR count). The van der Waals surface area contributed by atoms with Gasteiger partial charge in [0, 0.05) is 25.4 Å². The van der Waals surface area contributed by atoms with Gasteiger partial charge in [-0.3, -0.25) is 4.79 Å². The molecular formula is C30H53N3O2. The number of nitrogens with one attached hydrogen (secondary N) is 1. The molecule has 3 fully saturated rings. The van der Waals surface area contributed by atoms with E-state index in [4.69, 9.17) is 11.1 Å². The van der Waals surface area contributed by atoms with Gasteiger partial charge in [-0.15, -0.1) is 0 Å². The van der Waals surface area contributed by atoms with E-state index < -0.39 is 0 Å². The van der Waals surface area contributed by atoms with E-state index in [0.717, 1.165) is 35.9 Å². The summed E-state index contributed by atoms with van der Waals surface area (Å²) in [6.45, 7) is 18.6. The topological polar surface area (TPSA) is 79.4 Å². The number of allylic oxidation sites excluding steroid dienone is 3. The fourth-order valence-corrected chi connectivity index (χ4v) is 7.18. The van der Waals surface area contributed by atoms with Crippen molar-refractivity contribution < 1.29 is 9.53 Å². The first-order valence-corrected chi connectivity index (χ1v) is 14.1. The number of methoxy groups -OCH3 is 1. The number of carbonyl (C=O) groups excluding carboxylic acids is 1. The summed E-state index contributed by atoms with van der Waals surface area (Å²) in [5, 5.41) is 7.93. The highest BCUT2D eigenvalue weighted by Crippen LogP contribution is 2.61. The minimum absolute atomic E-state index is 0.245. The van der Waals surface area contributed by atoms with Gasteiger partial charge in [-0.1, -0.05) is 46.3 Å². The van der Waals surface area contributed by atoms with Crippen molar-refractivity contribution in [1.82, 2.24) is 4.90 Å². The Balaban J connectivity index is 0.000000551. The number of esters is 1. The number of hydrogen-bond acceptors (Lipinski definition) is 5. The normalized spacial score (nSPS) is 35.1. The van der Waals surface area contributed by atoms with Gasteiger partial charge in [0.2, 0.25) is 0 Å². The molecular weight excluding hydrogens is 434 g/mol. The monoisotopic (exact) mass is 487 g/mol. The summed E-state index contributed by atoms with van der Waals surface area (Å²) in [6.07, 6.45) is 14.2. The lowest BCUT2D eigenvalue weighted by atomic mass is 9.53. The summed E-state index contributed by atoms with van der Waals surface area (Å²) in [7, 11) is 1.35. The number of nitrogens with zero attached hydrogens (tertiary/aromatic N) is 1. The van der Waals surface area contributed by atoms with Crippen LogP contribution in [0, 0.1) is 34.0 Å². The zero-order valence-electron chi connectivity index (χ0n) is 23.5. The highest BCUT2D eigenvalue weighted by molar-refractivity contribution is 5.77. The maximum atomic E-state index is 9.59. The number of carbonyl (C=O) groups is 1. The number of ether oxygens (including phenoxy) is 1. The third-order valence-corrected chi connectivity index (χ3v) is 9.79. The predicted molar refractivity (Wildman–Crippen MR) is 147 cm³/mol. The fraction of sp³-hybridized carbons (Fsp3) is 0.800. The van der Waals surface area contributed by atoms with E-state index in [0.29, 0.717) is 11.3 Å². The van der Waals surface area contributed by atoms with E-state index in [9.17, 15) is 4.79 Å². The average molecular weight is 488 g/mol. The molecule has 35 heavy (non-hydrogen) atoms. The maximum Gasteiger partial charge on any atom is 0.302 e. The third kappa shape index (κ3) is 6.78.